The summed E-state index contributed by atoms with van der Waals surface area (Å²) in [5.74, 6) is 1.21. The Bertz CT molecular complexity index is 1020. The van der Waals surface area contributed by atoms with Crippen molar-refractivity contribution in [2.24, 2.45) is 0 Å². The summed E-state index contributed by atoms with van der Waals surface area (Å²) in [4.78, 5) is 16.2. The van der Waals surface area contributed by atoms with Crippen LogP contribution in [0.25, 0.3) is 0 Å². The Labute approximate surface area is 167 Å². The molecule has 5 nitrogen and oxygen atoms in total. The van der Waals surface area contributed by atoms with E-state index in [0.717, 1.165) is 16.1 Å². The molecule has 140 valence electrons. The van der Waals surface area contributed by atoms with Gasteiger partial charge in [-0.2, -0.15) is 5.26 Å². The van der Waals surface area contributed by atoms with Crippen LogP contribution in [0.5, 0.6) is 11.5 Å². The van der Waals surface area contributed by atoms with Crippen LogP contribution >= 0.6 is 11.3 Å². The minimum absolute atomic E-state index is 0.120. The Morgan fingerprint density at radius 3 is 2.71 bits per heavy atom. The van der Waals surface area contributed by atoms with Gasteiger partial charge in [-0.3, -0.25) is 4.79 Å². The number of benzene rings is 2. The predicted octanol–water partition coefficient (Wildman–Crippen LogP) is 4.43. The summed E-state index contributed by atoms with van der Waals surface area (Å²) in [6.45, 7) is 1.47. The molecule has 1 amide bonds. The molecule has 0 bridgehead atoms. The van der Waals surface area contributed by atoms with Crippen LogP contribution in [-0.2, 0) is 13.0 Å². The minimum atomic E-state index is -0.120. The van der Waals surface area contributed by atoms with Gasteiger partial charge in [0.05, 0.1) is 19.0 Å². The van der Waals surface area contributed by atoms with Crippen LogP contribution in [0.2, 0.25) is 0 Å². The fourth-order valence-electron chi connectivity index (χ4n) is 3.10. The molecule has 2 heterocycles. The van der Waals surface area contributed by atoms with Crippen LogP contribution in [0, 0.1) is 11.3 Å². The minimum Gasteiger partial charge on any atom is -0.486 e. The average molecular weight is 390 g/mol. The number of carbonyl (C=O) groups excluding carboxylic acids is 1. The number of nitriles is 1. The Balaban J connectivity index is 1.70. The zero-order chi connectivity index (χ0) is 19.3. The summed E-state index contributed by atoms with van der Waals surface area (Å²) >= 11 is 1.61. The quantitative estimate of drug-likeness (QED) is 0.646. The summed E-state index contributed by atoms with van der Waals surface area (Å²) in [5, 5.41) is 10.9. The standard InChI is InChI=1S/C22H18N2O3S/c23-9-8-16-3-1-4-17(13-16)22(25)24(15-19-5-2-12-28-19)18-6-7-20-21(14-18)27-11-10-26-20/h1-7,12-14H,8,10-11,15H2. The van der Waals surface area contributed by atoms with Crippen molar-refractivity contribution in [1.82, 2.24) is 0 Å². The van der Waals surface area contributed by atoms with E-state index >= 15 is 0 Å². The number of hydrogen-bond donors (Lipinski definition) is 0. The number of hydrogen-bond acceptors (Lipinski definition) is 5. The van der Waals surface area contributed by atoms with Crippen LogP contribution in [0.15, 0.2) is 60.0 Å². The van der Waals surface area contributed by atoms with Gasteiger partial charge in [-0.05, 0) is 41.3 Å². The van der Waals surface area contributed by atoms with Crippen molar-refractivity contribution < 1.29 is 14.3 Å². The van der Waals surface area contributed by atoms with Gasteiger partial charge in [0.25, 0.3) is 5.91 Å². The molecule has 0 N–H and O–H groups in total. The number of fused-ring (bicyclic) bond motifs is 1. The van der Waals surface area contributed by atoms with E-state index in [4.69, 9.17) is 14.7 Å². The van der Waals surface area contributed by atoms with Gasteiger partial charge < -0.3 is 14.4 Å². The molecule has 1 aromatic heterocycles. The van der Waals surface area contributed by atoms with Gasteiger partial charge >= 0.3 is 0 Å². The first-order valence-electron chi connectivity index (χ1n) is 8.94. The van der Waals surface area contributed by atoms with Gasteiger partial charge in [-0.15, -0.1) is 11.3 Å². The molecular weight excluding hydrogens is 372 g/mol. The van der Waals surface area contributed by atoms with E-state index in [1.807, 2.05) is 47.8 Å². The van der Waals surface area contributed by atoms with E-state index in [-0.39, 0.29) is 12.3 Å². The summed E-state index contributed by atoms with van der Waals surface area (Å²) in [5.41, 5.74) is 2.12. The van der Waals surface area contributed by atoms with Gasteiger partial charge in [0.1, 0.15) is 13.2 Å². The van der Waals surface area contributed by atoms with Gasteiger partial charge in [0.15, 0.2) is 11.5 Å². The van der Waals surface area contributed by atoms with Crippen molar-refractivity contribution in [1.29, 1.82) is 5.26 Å². The maximum absolute atomic E-state index is 13.4. The van der Waals surface area contributed by atoms with Crippen LogP contribution in [-0.4, -0.2) is 19.1 Å². The maximum atomic E-state index is 13.4. The molecular formula is C22H18N2O3S. The van der Waals surface area contributed by atoms with Crippen LogP contribution < -0.4 is 14.4 Å². The first-order valence-corrected chi connectivity index (χ1v) is 9.82. The number of nitrogens with zero attached hydrogens (tertiary/aromatic N) is 2. The lowest BCUT2D eigenvalue weighted by atomic mass is 10.1. The van der Waals surface area contributed by atoms with Crippen molar-refractivity contribution in [3.05, 3.63) is 76.0 Å². The average Bonchev–Trinajstić information content (AvgIpc) is 3.25. The van der Waals surface area contributed by atoms with Crippen molar-refractivity contribution in [3.63, 3.8) is 0 Å². The van der Waals surface area contributed by atoms with Crippen LogP contribution in [0.4, 0.5) is 5.69 Å². The number of amides is 1. The highest BCUT2D eigenvalue weighted by molar-refractivity contribution is 7.09. The number of anilines is 1. The van der Waals surface area contributed by atoms with E-state index in [9.17, 15) is 4.79 Å². The van der Waals surface area contributed by atoms with Gasteiger partial charge in [0, 0.05) is 22.2 Å². The number of carbonyl (C=O) groups is 1. The molecule has 0 atom stereocenters. The third-order valence-corrected chi connectivity index (χ3v) is 5.29. The Morgan fingerprint density at radius 2 is 1.93 bits per heavy atom. The van der Waals surface area contributed by atoms with E-state index in [2.05, 4.69) is 6.07 Å². The second-order valence-corrected chi connectivity index (χ2v) is 7.37. The summed E-state index contributed by atoms with van der Waals surface area (Å²) < 4.78 is 11.3. The first-order chi connectivity index (χ1) is 13.7. The molecule has 0 spiro atoms. The smallest absolute Gasteiger partial charge is 0.258 e. The summed E-state index contributed by atoms with van der Waals surface area (Å²) in [6.07, 6.45) is 0.274. The molecule has 1 aliphatic rings. The lowest BCUT2D eigenvalue weighted by Crippen LogP contribution is -2.30. The van der Waals surface area contributed by atoms with Gasteiger partial charge in [-0.1, -0.05) is 18.2 Å². The molecule has 4 rings (SSSR count). The third-order valence-electron chi connectivity index (χ3n) is 4.43. The zero-order valence-electron chi connectivity index (χ0n) is 15.1. The second kappa shape index (κ2) is 8.15. The third kappa shape index (κ3) is 3.85. The van der Waals surface area contributed by atoms with Crippen molar-refractivity contribution in [2.75, 3.05) is 18.1 Å². The Morgan fingerprint density at radius 1 is 1.07 bits per heavy atom. The van der Waals surface area contributed by atoms with Crippen molar-refractivity contribution >= 4 is 22.9 Å². The number of ether oxygens (including phenoxy) is 2. The second-order valence-electron chi connectivity index (χ2n) is 6.33. The fraction of sp³-hybridized carbons (Fsp3) is 0.182. The van der Waals surface area contributed by atoms with E-state index in [1.165, 1.54) is 0 Å². The summed E-state index contributed by atoms with van der Waals surface area (Å²) in [7, 11) is 0. The molecule has 0 aliphatic carbocycles. The molecule has 2 aromatic carbocycles. The molecule has 0 fully saturated rings. The van der Waals surface area contributed by atoms with Gasteiger partial charge in [-0.25, -0.2) is 0 Å². The molecule has 0 saturated carbocycles. The predicted molar refractivity (Wildman–Crippen MR) is 108 cm³/mol. The van der Waals surface area contributed by atoms with Crippen LogP contribution in [0.3, 0.4) is 0 Å². The monoisotopic (exact) mass is 390 g/mol. The molecule has 28 heavy (non-hydrogen) atoms. The van der Waals surface area contributed by atoms with Crippen molar-refractivity contribution in [3.8, 4) is 17.6 Å². The lowest BCUT2D eigenvalue weighted by Gasteiger charge is -2.25. The van der Waals surface area contributed by atoms with Crippen LogP contribution in [0.1, 0.15) is 20.8 Å². The highest BCUT2D eigenvalue weighted by Gasteiger charge is 2.22. The molecule has 0 saturated heterocycles. The molecule has 0 unspecified atom stereocenters. The Kier molecular flexibility index (Phi) is 5.27. The number of thiophene rings is 1. The fourth-order valence-corrected chi connectivity index (χ4v) is 3.79. The number of rotatable bonds is 5. The van der Waals surface area contributed by atoms with Crippen molar-refractivity contribution in [2.45, 2.75) is 13.0 Å². The molecule has 3 aromatic rings. The molecule has 6 heteroatoms. The highest BCUT2D eigenvalue weighted by atomic mass is 32.1. The maximum Gasteiger partial charge on any atom is 0.258 e. The lowest BCUT2D eigenvalue weighted by molar-refractivity contribution is 0.0985. The normalized spacial score (nSPS) is 12.2. The van der Waals surface area contributed by atoms with E-state index in [1.54, 1.807) is 28.4 Å². The Hall–Kier alpha value is -3.30. The molecule has 1 aliphatic heterocycles. The topological polar surface area (TPSA) is 62.6 Å². The molecule has 0 radical (unpaired) electrons. The zero-order valence-corrected chi connectivity index (χ0v) is 15.9. The summed E-state index contributed by atoms with van der Waals surface area (Å²) in [6, 6.07) is 18.9. The SMILES string of the molecule is N#CCc1cccc(C(=O)N(Cc2cccs2)c2ccc3c(c2)OCCO3)c1. The van der Waals surface area contributed by atoms with E-state index in [0.29, 0.717) is 36.8 Å². The largest absolute Gasteiger partial charge is 0.486 e. The van der Waals surface area contributed by atoms with Gasteiger partial charge in [0.2, 0.25) is 0 Å². The highest BCUT2D eigenvalue weighted by Crippen LogP contribution is 2.35. The van der Waals surface area contributed by atoms with E-state index < -0.39 is 0 Å². The first kappa shape index (κ1) is 18.1.